The molecule has 1 aliphatic rings. The Morgan fingerprint density at radius 3 is 3.09 bits per heavy atom. The fourth-order valence-corrected chi connectivity index (χ4v) is 3.02. The highest BCUT2D eigenvalue weighted by Gasteiger charge is 2.27. The summed E-state index contributed by atoms with van der Waals surface area (Å²) in [5.41, 5.74) is 1.33. The van der Waals surface area contributed by atoms with E-state index in [0.29, 0.717) is 16.6 Å². The Balaban J connectivity index is 1.72. The van der Waals surface area contributed by atoms with Crippen molar-refractivity contribution >= 4 is 17.5 Å². The number of carbonyl (C=O) groups is 1. The Kier molecular flexibility index (Phi) is 4.45. The zero-order chi connectivity index (χ0) is 15.5. The largest absolute Gasteiger partial charge is 0.337 e. The summed E-state index contributed by atoms with van der Waals surface area (Å²) in [6, 6.07) is 9.17. The number of aromatic nitrogens is 2. The summed E-state index contributed by atoms with van der Waals surface area (Å²) in [5, 5.41) is 8.21. The SMILES string of the molecule is CNCC1CCN(C(=O)c2ccn(-c3cccc(Cl)c3)n2)C1. The Bertz CT molecular complexity index is 670. The topological polar surface area (TPSA) is 50.2 Å². The Morgan fingerprint density at radius 2 is 2.32 bits per heavy atom. The van der Waals surface area contributed by atoms with E-state index in [1.165, 1.54) is 0 Å². The molecule has 1 atom stereocenters. The number of amides is 1. The average Bonchev–Trinajstić information content (AvgIpc) is 3.16. The van der Waals surface area contributed by atoms with Crippen LogP contribution in [0.25, 0.3) is 5.69 Å². The van der Waals surface area contributed by atoms with E-state index >= 15 is 0 Å². The lowest BCUT2D eigenvalue weighted by Crippen LogP contribution is -2.30. The second-order valence-electron chi connectivity index (χ2n) is 5.59. The third-order valence-corrected chi connectivity index (χ3v) is 4.18. The fraction of sp³-hybridized carbons (Fsp3) is 0.375. The van der Waals surface area contributed by atoms with Gasteiger partial charge in [0.1, 0.15) is 0 Å². The van der Waals surface area contributed by atoms with Gasteiger partial charge in [-0.05, 0) is 50.2 Å². The first-order valence-electron chi connectivity index (χ1n) is 7.43. The van der Waals surface area contributed by atoms with Gasteiger partial charge in [0, 0.05) is 24.3 Å². The van der Waals surface area contributed by atoms with Crippen molar-refractivity contribution in [3.05, 3.63) is 47.2 Å². The van der Waals surface area contributed by atoms with Crippen molar-refractivity contribution in [3.8, 4) is 5.69 Å². The molecule has 3 rings (SSSR count). The summed E-state index contributed by atoms with van der Waals surface area (Å²) in [5.74, 6) is 0.531. The summed E-state index contributed by atoms with van der Waals surface area (Å²) in [6.07, 6.45) is 2.83. The summed E-state index contributed by atoms with van der Waals surface area (Å²) in [7, 11) is 1.94. The molecule has 1 aliphatic heterocycles. The first-order valence-corrected chi connectivity index (χ1v) is 7.80. The van der Waals surface area contributed by atoms with E-state index in [9.17, 15) is 4.79 Å². The number of halogens is 1. The third-order valence-electron chi connectivity index (χ3n) is 3.95. The van der Waals surface area contributed by atoms with Crippen LogP contribution in [0.15, 0.2) is 36.5 Å². The number of carbonyl (C=O) groups excluding carboxylic acids is 1. The molecule has 5 nitrogen and oxygen atoms in total. The van der Waals surface area contributed by atoms with E-state index in [1.807, 2.05) is 36.2 Å². The lowest BCUT2D eigenvalue weighted by molar-refractivity contribution is 0.0781. The molecule has 2 aromatic rings. The lowest BCUT2D eigenvalue weighted by atomic mass is 10.1. The van der Waals surface area contributed by atoms with Gasteiger partial charge in [-0.3, -0.25) is 4.79 Å². The molecule has 22 heavy (non-hydrogen) atoms. The van der Waals surface area contributed by atoms with Gasteiger partial charge < -0.3 is 10.2 Å². The molecule has 0 saturated carbocycles. The molecule has 6 heteroatoms. The van der Waals surface area contributed by atoms with Crippen LogP contribution in [-0.4, -0.2) is 47.3 Å². The van der Waals surface area contributed by atoms with Gasteiger partial charge in [0.15, 0.2) is 5.69 Å². The smallest absolute Gasteiger partial charge is 0.274 e. The molecule has 1 saturated heterocycles. The van der Waals surface area contributed by atoms with Crippen LogP contribution in [0.2, 0.25) is 5.02 Å². The van der Waals surface area contributed by atoms with E-state index in [1.54, 1.807) is 16.9 Å². The Labute approximate surface area is 134 Å². The minimum Gasteiger partial charge on any atom is -0.337 e. The zero-order valence-corrected chi connectivity index (χ0v) is 13.3. The molecular formula is C16H19ClN4O. The van der Waals surface area contributed by atoms with Gasteiger partial charge in [0.2, 0.25) is 0 Å². The minimum atomic E-state index is -0.000573. The average molecular weight is 319 g/mol. The number of hydrogen-bond acceptors (Lipinski definition) is 3. The molecule has 1 N–H and O–H groups in total. The summed E-state index contributed by atoms with van der Waals surface area (Å²) < 4.78 is 1.68. The van der Waals surface area contributed by atoms with E-state index in [2.05, 4.69) is 10.4 Å². The van der Waals surface area contributed by atoms with Gasteiger partial charge >= 0.3 is 0 Å². The molecule has 1 amide bonds. The second kappa shape index (κ2) is 6.50. The van der Waals surface area contributed by atoms with Gasteiger partial charge in [0.25, 0.3) is 5.91 Å². The van der Waals surface area contributed by atoms with Crippen LogP contribution in [0.5, 0.6) is 0 Å². The van der Waals surface area contributed by atoms with Crippen LogP contribution in [0.3, 0.4) is 0 Å². The molecule has 1 aromatic carbocycles. The van der Waals surface area contributed by atoms with Crippen molar-refractivity contribution in [2.75, 3.05) is 26.7 Å². The van der Waals surface area contributed by atoms with Crippen molar-refractivity contribution < 1.29 is 4.79 Å². The van der Waals surface area contributed by atoms with Crippen LogP contribution in [0, 0.1) is 5.92 Å². The highest BCUT2D eigenvalue weighted by atomic mass is 35.5. The number of nitrogens with zero attached hydrogens (tertiary/aromatic N) is 3. The van der Waals surface area contributed by atoms with Crippen molar-refractivity contribution in [1.82, 2.24) is 20.0 Å². The van der Waals surface area contributed by atoms with E-state index in [0.717, 1.165) is 31.7 Å². The predicted molar refractivity (Wildman–Crippen MR) is 86.5 cm³/mol. The first-order chi connectivity index (χ1) is 10.7. The molecule has 2 heterocycles. The van der Waals surface area contributed by atoms with Crippen LogP contribution in [-0.2, 0) is 0 Å². The van der Waals surface area contributed by atoms with Crippen LogP contribution in [0.4, 0.5) is 0 Å². The maximum Gasteiger partial charge on any atom is 0.274 e. The number of rotatable bonds is 4. The van der Waals surface area contributed by atoms with E-state index < -0.39 is 0 Å². The van der Waals surface area contributed by atoms with Gasteiger partial charge in [-0.1, -0.05) is 17.7 Å². The maximum absolute atomic E-state index is 12.5. The summed E-state index contributed by atoms with van der Waals surface area (Å²) >= 11 is 5.99. The normalized spacial score (nSPS) is 17.9. The third kappa shape index (κ3) is 3.15. The highest BCUT2D eigenvalue weighted by molar-refractivity contribution is 6.30. The molecular weight excluding hydrogens is 300 g/mol. The number of benzene rings is 1. The molecule has 1 aromatic heterocycles. The molecule has 0 radical (unpaired) electrons. The Morgan fingerprint density at radius 1 is 1.45 bits per heavy atom. The molecule has 1 fully saturated rings. The van der Waals surface area contributed by atoms with Crippen LogP contribution >= 0.6 is 11.6 Å². The van der Waals surface area contributed by atoms with Gasteiger partial charge in [-0.25, -0.2) is 4.68 Å². The van der Waals surface area contributed by atoms with Crippen molar-refractivity contribution in [3.63, 3.8) is 0 Å². The molecule has 0 aliphatic carbocycles. The fourth-order valence-electron chi connectivity index (χ4n) is 2.83. The zero-order valence-electron chi connectivity index (χ0n) is 12.5. The van der Waals surface area contributed by atoms with Crippen molar-refractivity contribution in [2.24, 2.45) is 5.92 Å². The summed E-state index contributed by atoms with van der Waals surface area (Å²) in [6.45, 7) is 2.54. The predicted octanol–water partition coefficient (Wildman–Crippen LogP) is 2.21. The van der Waals surface area contributed by atoms with Crippen molar-refractivity contribution in [2.45, 2.75) is 6.42 Å². The standard InChI is InChI=1S/C16H19ClN4O/c1-18-10-12-5-7-20(11-12)16(22)15-6-8-21(19-15)14-4-2-3-13(17)9-14/h2-4,6,8-9,12,18H,5,7,10-11H2,1H3. The van der Waals surface area contributed by atoms with E-state index in [-0.39, 0.29) is 5.91 Å². The number of hydrogen-bond donors (Lipinski definition) is 1. The molecule has 0 spiro atoms. The second-order valence-corrected chi connectivity index (χ2v) is 6.03. The number of likely N-dealkylation sites (tertiary alicyclic amines) is 1. The van der Waals surface area contributed by atoms with Gasteiger partial charge in [-0.2, -0.15) is 5.10 Å². The monoisotopic (exact) mass is 318 g/mol. The molecule has 116 valence electrons. The van der Waals surface area contributed by atoms with Gasteiger partial charge in [0.05, 0.1) is 5.69 Å². The van der Waals surface area contributed by atoms with E-state index in [4.69, 9.17) is 11.6 Å². The molecule has 0 bridgehead atoms. The van der Waals surface area contributed by atoms with Gasteiger partial charge in [-0.15, -0.1) is 0 Å². The molecule has 1 unspecified atom stereocenters. The Hall–Kier alpha value is -1.85. The van der Waals surface area contributed by atoms with Crippen molar-refractivity contribution in [1.29, 1.82) is 0 Å². The number of nitrogens with one attached hydrogen (secondary N) is 1. The van der Waals surface area contributed by atoms with Crippen LogP contribution < -0.4 is 5.32 Å². The quantitative estimate of drug-likeness (QED) is 0.940. The minimum absolute atomic E-state index is 0.000573. The summed E-state index contributed by atoms with van der Waals surface area (Å²) in [4.78, 5) is 14.4. The highest BCUT2D eigenvalue weighted by Crippen LogP contribution is 2.19. The van der Waals surface area contributed by atoms with Crippen LogP contribution in [0.1, 0.15) is 16.9 Å². The lowest BCUT2D eigenvalue weighted by Gasteiger charge is -2.15. The first kappa shape index (κ1) is 15.1. The maximum atomic E-state index is 12.5.